The zero-order chi connectivity index (χ0) is 11.6. The van der Waals surface area contributed by atoms with Crippen molar-refractivity contribution >= 4 is 21.7 Å². The van der Waals surface area contributed by atoms with E-state index in [2.05, 4.69) is 19.7 Å². The number of anilines is 2. The lowest BCUT2D eigenvalue weighted by molar-refractivity contribution is 0.601. The number of hydrogen-bond acceptors (Lipinski definition) is 5. The summed E-state index contributed by atoms with van der Waals surface area (Å²) >= 11 is 0. The summed E-state index contributed by atoms with van der Waals surface area (Å²) in [6.45, 7) is 0. The first-order valence-corrected chi connectivity index (χ1v) is 5.79. The van der Waals surface area contributed by atoms with Gasteiger partial charge in [-0.15, -0.1) is 0 Å². The monoisotopic (exact) mass is 239 g/mol. The van der Waals surface area contributed by atoms with Crippen molar-refractivity contribution in [1.82, 2.24) is 15.0 Å². The van der Waals surface area contributed by atoms with E-state index in [9.17, 15) is 8.42 Å². The predicted octanol–water partition coefficient (Wildman–Crippen LogP) is 0.188. The highest BCUT2D eigenvalue weighted by Gasteiger charge is 2.18. The molecule has 2 heterocycles. The van der Waals surface area contributed by atoms with Gasteiger partial charge in [-0.25, -0.2) is 18.1 Å². The summed E-state index contributed by atoms with van der Waals surface area (Å²) in [5, 5.41) is 0. The minimum Gasteiger partial charge on any atom is -0.398 e. The van der Waals surface area contributed by atoms with Crippen molar-refractivity contribution in [2.24, 2.45) is 0 Å². The van der Waals surface area contributed by atoms with Crippen LogP contribution in [0.4, 0.5) is 11.6 Å². The summed E-state index contributed by atoms with van der Waals surface area (Å²) in [7, 11) is -3.75. The molecule has 0 unspecified atom stereocenters. The Morgan fingerprint density at radius 2 is 2.19 bits per heavy atom. The van der Waals surface area contributed by atoms with Crippen molar-refractivity contribution in [2.45, 2.75) is 4.90 Å². The molecule has 0 radical (unpaired) electrons. The summed E-state index contributed by atoms with van der Waals surface area (Å²) in [5.74, 6) is 0.128. The molecule has 0 atom stereocenters. The van der Waals surface area contributed by atoms with E-state index < -0.39 is 10.0 Å². The lowest BCUT2D eigenvalue weighted by Gasteiger charge is -2.06. The zero-order valence-corrected chi connectivity index (χ0v) is 8.90. The summed E-state index contributed by atoms with van der Waals surface area (Å²) < 4.78 is 25.9. The first-order valence-electron chi connectivity index (χ1n) is 4.31. The molecule has 0 fully saturated rings. The molecule has 0 amide bonds. The molecule has 8 heteroatoms. The molecule has 16 heavy (non-hydrogen) atoms. The van der Waals surface area contributed by atoms with Crippen LogP contribution in [0.5, 0.6) is 0 Å². The normalized spacial score (nSPS) is 11.2. The lowest BCUT2D eigenvalue weighted by Crippen LogP contribution is -2.15. The van der Waals surface area contributed by atoms with E-state index in [-0.39, 0.29) is 16.5 Å². The van der Waals surface area contributed by atoms with Gasteiger partial charge in [-0.2, -0.15) is 0 Å². The Hall–Kier alpha value is -2.09. The molecular weight excluding hydrogens is 230 g/mol. The van der Waals surface area contributed by atoms with E-state index in [1.807, 2.05) is 0 Å². The fourth-order valence-corrected chi connectivity index (χ4v) is 2.17. The third-order valence-electron chi connectivity index (χ3n) is 1.84. The van der Waals surface area contributed by atoms with Crippen LogP contribution in [0.25, 0.3) is 0 Å². The van der Waals surface area contributed by atoms with Crippen LogP contribution in [-0.2, 0) is 10.0 Å². The van der Waals surface area contributed by atoms with Gasteiger partial charge in [0.2, 0.25) is 5.95 Å². The molecule has 0 bridgehead atoms. The van der Waals surface area contributed by atoms with Gasteiger partial charge in [0, 0.05) is 24.8 Å². The number of nitrogens with zero attached hydrogens (tertiary/aromatic N) is 2. The molecule has 0 aliphatic rings. The predicted molar refractivity (Wildman–Crippen MR) is 58.0 cm³/mol. The van der Waals surface area contributed by atoms with Crippen molar-refractivity contribution in [3.8, 4) is 0 Å². The van der Waals surface area contributed by atoms with E-state index in [1.165, 1.54) is 30.9 Å². The van der Waals surface area contributed by atoms with Gasteiger partial charge in [0.05, 0.1) is 5.69 Å². The second-order valence-corrected chi connectivity index (χ2v) is 4.61. The van der Waals surface area contributed by atoms with Crippen molar-refractivity contribution in [3.63, 3.8) is 0 Å². The number of H-pyrrole nitrogens is 1. The van der Waals surface area contributed by atoms with Gasteiger partial charge in [-0.3, -0.25) is 4.98 Å². The third-order valence-corrected chi connectivity index (χ3v) is 3.22. The van der Waals surface area contributed by atoms with E-state index in [0.29, 0.717) is 0 Å². The van der Waals surface area contributed by atoms with Crippen LogP contribution in [0.15, 0.2) is 35.7 Å². The third kappa shape index (κ3) is 1.96. The van der Waals surface area contributed by atoms with Crippen molar-refractivity contribution in [1.29, 1.82) is 0 Å². The van der Waals surface area contributed by atoms with E-state index >= 15 is 0 Å². The summed E-state index contributed by atoms with van der Waals surface area (Å²) in [6, 6.07) is 1.41. The number of imidazole rings is 1. The van der Waals surface area contributed by atoms with Crippen LogP contribution in [0, 0.1) is 0 Å². The molecule has 0 saturated heterocycles. The average Bonchev–Trinajstić information content (AvgIpc) is 2.70. The molecule has 4 N–H and O–H groups in total. The van der Waals surface area contributed by atoms with Crippen LogP contribution in [0.1, 0.15) is 0 Å². The maximum atomic E-state index is 11.8. The molecule has 2 rings (SSSR count). The highest BCUT2D eigenvalue weighted by atomic mass is 32.2. The van der Waals surface area contributed by atoms with E-state index in [4.69, 9.17) is 5.73 Å². The second kappa shape index (κ2) is 3.81. The van der Waals surface area contributed by atoms with Gasteiger partial charge < -0.3 is 10.7 Å². The summed E-state index contributed by atoms with van der Waals surface area (Å²) in [5.41, 5.74) is 5.68. The lowest BCUT2D eigenvalue weighted by atomic mass is 10.4. The van der Waals surface area contributed by atoms with Crippen LogP contribution in [0.2, 0.25) is 0 Å². The van der Waals surface area contributed by atoms with Gasteiger partial charge in [0.1, 0.15) is 4.90 Å². The second-order valence-electron chi connectivity index (χ2n) is 2.96. The molecule has 0 aliphatic carbocycles. The van der Waals surface area contributed by atoms with Gasteiger partial charge in [-0.1, -0.05) is 0 Å². The molecule has 2 aromatic rings. The maximum absolute atomic E-state index is 11.8. The molecule has 84 valence electrons. The van der Waals surface area contributed by atoms with E-state index in [1.54, 1.807) is 0 Å². The largest absolute Gasteiger partial charge is 0.398 e. The maximum Gasteiger partial charge on any atom is 0.267 e. The molecule has 0 spiro atoms. The molecule has 0 saturated carbocycles. The standard InChI is InChI=1S/C8H9N5O2S/c9-6-1-2-10-5-7(6)16(14,15)13-8-11-3-4-12-8/h1-5H,(H2,9,10)(H2,11,12,13). The minimum atomic E-state index is -3.75. The number of rotatable bonds is 3. The minimum absolute atomic E-state index is 0.0774. The van der Waals surface area contributed by atoms with Crippen LogP contribution < -0.4 is 10.5 Å². The summed E-state index contributed by atoms with van der Waals surface area (Å²) in [6.07, 6.45) is 5.54. The van der Waals surface area contributed by atoms with Crippen LogP contribution >= 0.6 is 0 Å². The van der Waals surface area contributed by atoms with Crippen molar-refractivity contribution in [2.75, 3.05) is 10.5 Å². The SMILES string of the molecule is Nc1ccncc1S(=O)(=O)Nc1ncc[nH]1. The fraction of sp³-hybridized carbons (Fsp3) is 0. The quantitative estimate of drug-likeness (QED) is 0.707. The number of nitrogens with one attached hydrogen (secondary N) is 2. The Kier molecular flexibility index (Phi) is 2.49. The van der Waals surface area contributed by atoms with Gasteiger partial charge in [-0.05, 0) is 6.07 Å². The molecule has 7 nitrogen and oxygen atoms in total. The molecule has 0 aromatic carbocycles. The number of nitrogens with two attached hydrogens (primary N) is 1. The average molecular weight is 239 g/mol. The number of hydrogen-bond donors (Lipinski definition) is 3. The Morgan fingerprint density at radius 1 is 1.38 bits per heavy atom. The topological polar surface area (TPSA) is 114 Å². The number of aromatic amines is 1. The van der Waals surface area contributed by atoms with Crippen molar-refractivity contribution in [3.05, 3.63) is 30.9 Å². The van der Waals surface area contributed by atoms with Gasteiger partial charge >= 0.3 is 0 Å². The van der Waals surface area contributed by atoms with E-state index in [0.717, 1.165) is 0 Å². The smallest absolute Gasteiger partial charge is 0.267 e. The highest BCUT2D eigenvalue weighted by molar-refractivity contribution is 7.92. The van der Waals surface area contributed by atoms with Crippen LogP contribution in [0.3, 0.4) is 0 Å². The number of pyridine rings is 1. The molecular formula is C8H9N5O2S. The zero-order valence-electron chi connectivity index (χ0n) is 8.08. The Balaban J connectivity index is 2.37. The van der Waals surface area contributed by atoms with Gasteiger partial charge in [0.15, 0.2) is 0 Å². The number of nitrogen functional groups attached to an aromatic ring is 1. The number of aromatic nitrogens is 3. The summed E-state index contributed by atoms with van der Waals surface area (Å²) in [4.78, 5) is 10.0. The molecule has 0 aliphatic heterocycles. The first kappa shape index (κ1) is 10.4. The fourth-order valence-electron chi connectivity index (χ4n) is 1.12. The molecule has 2 aromatic heterocycles. The Bertz CT molecular complexity index is 578. The Labute approximate surface area is 91.8 Å². The highest BCUT2D eigenvalue weighted by Crippen LogP contribution is 2.17. The van der Waals surface area contributed by atoms with Crippen LogP contribution in [-0.4, -0.2) is 23.4 Å². The number of sulfonamides is 1. The first-order chi connectivity index (χ1) is 7.59. The Morgan fingerprint density at radius 3 is 2.81 bits per heavy atom. The van der Waals surface area contributed by atoms with Gasteiger partial charge in [0.25, 0.3) is 10.0 Å². The van der Waals surface area contributed by atoms with Crippen molar-refractivity contribution < 1.29 is 8.42 Å².